The molecule has 1 saturated carbocycles. The highest BCUT2D eigenvalue weighted by Gasteiger charge is 2.21. The van der Waals surface area contributed by atoms with Crippen LogP contribution in [0.3, 0.4) is 0 Å². The quantitative estimate of drug-likeness (QED) is 0.687. The van der Waals surface area contributed by atoms with Crippen molar-refractivity contribution in [3.05, 3.63) is 17.8 Å². The molecule has 6 heteroatoms. The summed E-state index contributed by atoms with van der Waals surface area (Å²) in [6, 6.07) is 3.62. The van der Waals surface area contributed by atoms with Crippen LogP contribution in [0.1, 0.15) is 29.8 Å². The van der Waals surface area contributed by atoms with Gasteiger partial charge in [0, 0.05) is 12.6 Å². The van der Waals surface area contributed by atoms with E-state index in [0.717, 1.165) is 25.8 Å². The van der Waals surface area contributed by atoms with E-state index in [1.54, 1.807) is 12.1 Å². The summed E-state index contributed by atoms with van der Waals surface area (Å²) in [6.45, 7) is 0.846. The topological polar surface area (TPSA) is 107 Å². The van der Waals surface area contributed by atoms with Crippen LogP contribution in [0, 0.1) is 5.92 Å². The predicted molar refractivity (Wildman–Crippen MR) is 64.4 cm³/mol. The first-order valence-corrected chi connectivity index (χ1v) is 5.78. The van der Waals surface area contributed by atoms with Crippen molar-refractivity contribution in [2.75, 3.05) is 11.9 Å². The summed E-state index contributed by atoms with van der Waals surface area (Å²) in [5.41, 5.74) is 11.1. The van der Waals surface area contributed by atoms with Crippen LogP contribution in [0.4, 0.5) is 5.82 Å². The Morgan fingerprint density at radius 2 is 2.24 bits per heavy atom. The van der Waals surface area contributed by atoms with Crippen LogP contribution in [0.2, 0.25) is 0 Å². The fraction of sp³-hybridized carbons (Fsp3) is 0.545. The number of carbonyl (C=O) groups excluding carboxylic acids is 1. The maximum atomic E-state index is 10.8. The number of hydrogen-bond acceptors (Lipinski definition) is 5. The second-order valence-electron chi connectivity index (χ2n) is 4.49. The number of nitrogens with two attached hydrogens (primary N) is 2. The molecule has 1 aliphatic carbocycles. The molecule has 0 saturated heterocycles. The molecule has 1 aromatic heterocycles. The third-order valence-corrected chi connectivity index (χ3v) is 3.07. The molecule has 17 heavy (non-hydrogen) atoms. The van der Waals surface area contributed by atoms with Gasteiger partial charge in [0.2, 0.25) is 0 Å². The van der Waals surface area contributed by atoms with Gasteiger partial charge in [-0.2, -0.15) is 0 Å². The van der Waals surface area contributed by atoms with Gasteiger partial charge in [0.15, 0.2) is 5.69 Å². The van der Waals surface area contributed by atoms with Gasteiger partial charge in [-0.05, 0) is 37.3 Å². The number of primary amides is 1. The zero-order valence-electron chi connectivity index (χ0n) is 9.60. The van der Waals surface area contributed by atoms with E-state index in [1.807, 2.05) is 0 Å². The van der Waals surface area contributed by atoms with Gasteiger partial charge in [-0.3, -0.25) is 4.79 Å². The Bertz CT molecular complexity index is 391. The summed E-state index contributed by atoms with van der Waals surface area (Å²) in [5.74, 6) is 0.698. The van der Waals surface area contributed by atoms with Crippen molar-refractivity contribution in [3.8, 4) is 0 Å². The van der Waals surface area contributed by atoms with Gasteiger partial charge >= 0.3 is 0 Å². The molecule has 1 amide bonds. The first-order chi connectivity index (χ1) is 8.15. The first-order valence-electron chi connectivity index (χ1n) is 5.78. The molecular formula is C11H17N5O. The molecule has 0 aliphatic heterocycles. The SMILES string of the molecule is NC(=O)c1ccc(NCC2CCC(N)C2)nn1. The number of amides is 1. The summed E-state index contributed by atoms with van der Waals surface area (Å²) >= 11 is 0. The van der Waals surface area contributed by atoms with E-state index in [-0.39, 0.29) is 5.69 Å². The molecule has 0 spiro atoms. The lowest BCUT2D eigenvalue weighted by molar-refractivity contribution is 0.0994. The van der Waals surface area contributed by atoms with Gasteiger partial charge in [-0.1, -0.05) is 0 Å². The Hall–Kier alpha value is -1.69. The fourth-order valence-electron chi connectivity index (χ4n) is 2.11. The third-order valence-electron chi connectivity index (χ3n) is 3.07. The predicted octanol–water partition coefficient (Wildman–Crippen LogP) is 0.115. The van der Waals surface area contributed by atoms with Crippen LogP contribution in [0.25, 0.3) is 0 Å². The minimum absolute atomic E-state index is 0.179. The maximum Gasteiger partial charge on any atom is 0.269 e. The Kier molecular flexibility index (Phi) is 3.53. The van der Waals surface area contributed by atoms with Crippen molar-refractivity contribution in [3.63, 3.8) is 0 Å². The summed E-state index contributed by atoms with van der Waals surface area (Å²) in [7, 11) is 0. The largest absolute Gasteiger partial charge is 0.368 e. The van der Waals surface area contributed by atoms with Gasteiger partial charge < -0.3 is 16.8 Å². The summed E-state index contributed by atoms with van der Waals surface area (Å²) in [4.78, 5) is 10.8. The van der Waals surface area contributed by atoms with E-state index in [0.29, 0.717) is 17.8 Å². The third kappa shape index (κ3) is 3.13. The average molecular weight is 235 g/mol. The molecule has 92 valence electrons. The molecule has 2 rings (SSSR count). The number of anilines is 1. The van der Waals surface area contributed by atoms with Gasteiger partial charge in [-0.15, -0.1) is 10.2 Å². The van der Waals surface area contributed by atoms with Crippen LogP contribution < -0.4 is 16.8 Å². The van der Waals surface area contributed by atoms with E-state index in [1.165, 1.54) is 0 Å². The van der Waals surface area contributed by atoms with E-state index >= 15 is 0 Å². The van der Waals surface area contributed by atoms with Gasteiger partial charge in [0.25, 0.3) is 5.91 Å². The van der Waals surface area contributed by atoms with Crippen molar-refractivity contribution in [1.82, 2.24) is 10.2 Å². The maximum absolute atomic E-state index is 10.8. The molecule has 6 nitrogen and oxygen atoms in total. The molecular weight excluding hydrogens is 218 g/mol. The molecule has 0 bridgehead atoms. The van der Waals surface area contributed by atoms with Crippen LogP contribution in [0.15, 0.2) is 12.1 Å². The van der Waals surface area contributed by atoms with E-state index in [2.05, 4.69) is 15.5 Å². The minimum Gasteiger partial charge on any atom is -0.368 e. The zero-order valence-corrected chi connectivity index (χ0v) is 9.60. The Balaban J connectivity index is 1.85. The normalized spacial score (nSPS) is 23.6. The van der Waals surface area contributed by atoms with Crippen LogP contribution in [0.5, 0.6) is 0 Å². The highest BCUT2D eigenvalue weighted by atomic mass is 16.1. The van der Waals surface area contributed by atoms with Crippen molar-refractivity contribution in [2.24, 2.45) is 17.4 Å². The van der Waals surface area contributed by atoms with Crippen molar-refractivity contribution in [1.29, 1.82) is 0 Å². The molecule has 1 aromatic rings. The number of hydrogen-bond donors (Lipinski definition) is 3. The summed E-state index contributed by atoms with van der Waals surface area (Å²) in [6.07, 6.45) is 3.30. The van der Waals surface area contributed by atoms with E-state index in [9.17, 15) is 4.79 Å². The highest BCUT2D eigenvalue weighted by molar-refractivity contribution is 5.90. The van der Waals surface area contributed by atoms with Gasteiger partial charge in [0.1, 0.15) is 5.82 Å². The lowest BCUT2D eigenvalue weighted by Crippen LogP contribution is -2.18. The fourth-order valence-corrected chi connectivity index (χ4v) is 2.11. The van der Waals surface area contributed by atoms with Crippen molar-refractivity contribution >= 4 is 11.7 Å². The van der Waals surface area contributed by atoms with Crippen LogP contribution >= 0.6 is 0 Å². The second kappa shape index (κ2) is 5.09. The van der Waals surface area contributed by atoms with Crippen LogP contribution in [-0.2, 0) is 0 Å². The Labute approximate surface area is 99.8 Å². The average Bonchev–Trinajstić information content (AvgIpc) is 2.73. The first kappa shape index (κ1) is 11.8. The van der Waals surface area contributed by atoms with E-state index in [4.69, 9.17) is 11.5 Å². The molecule has 5 N–H and O–H groups in total. The molecule has 0 radical (unpaired) electrons. The zero-order chi connectivity index (χ0) is 12.3. The molecule has 1 aliphatic rings. The second-order valence-corrected chi connectivity index (χ2v) is 4.49. The highest BCUT2D eigenvalue weighted by Crippen LogP contribution is 2.24. The number of aromatic nitrogens is 2. The lowest BCUT2D eigenvalue weighted by atomic mass is 10.1. The van der Waals surface area contributed by atoms with Crippen molar-refractivity contribution < 1.29 is 4.79 Å². The monoisotopic (exact) mass is 235 g/mol. The molecule has 1 heterocycles. The number of nitrogens with one attached hydrogen (secondary N) is 1. The van der Waals surface area contributed by atoms with Gasteiger partial charge in [0.05, 0.1) is 0 Å². The lowest BCUT2D eigenvalue weighted by Gasteiger charge is -2.10. The van der Waals surface area contributed by atoms with Crippen molar-refractivity contribution in [2.45, 2.75) is 25.3 Å². The molecule has 0 aromatic carbocycles. The van der Waals surface area contributed by atoms with E-state index < -0.39 is 5.91 Å². The number of nitrogens with zero attached hydrogens (tertiary/aromatic N) is 2. The number of carbonyl (C=O) groups is 1. The Morgan fingerprint density at radius 1 is 1.41 bits per heavy atom. The minimum atomic E-state index is -0.564. The standard InChI is InChI=1S/C11H17N5O/c12-8-2-1-7(5-8)6-14-10-4-3-9(11(13)17)15-16-10/h3-4,7-8H,1-2,5-6,12H2,(H2,13,17)(H,14,16). The van der Waals surface area contributed by atoms with Gasteiger partial charge in [-0.25, -0.2) is 0 Å². The molecule has 2 atom stereocenters. The number of rotatable bonds is 4. The Morgan fingerprint density at radius 3 is 2.76 bits per heavy atom. The summed E-state index contributed by atoms with van der Waals surface area (Å²) in [5, 5.41) is 10.8. The van der Waals surface area contributed by atoms with Crippen LogP contribution in [-0.4, -0.2) is 28.7 Å². The smallest absolute Gasteiger partial charge is 0.269 e. The summed E-state index contributed by atoms with van der Waals surface area (Å²) < 4.78 is 0. The molecule has 1 fully saturated rings. The molecule has 2 unspecified atom stereocenters.